The number of hydrogen-bond acceptors (Lipinski definition) is 3. The van der Waals surface area contributed by atoms with Crippen LogP contribution in [-0.4, -0.2) is 44.9 Å². The Morgan fingerprint density at radius 1 is 1.50 bits per heavy atom. The Labute approximate surface area is 120 Å². The Kier molecular flexibility index (Phi) is 4.18. The van der Waals surface area contributed by atoms with Gasteiger partial charge >= 0.3 is 0 Å². The van der Waals surface area contributed by atoms with E-state index in [4.69, 9.17) is 0 Å². The molecule has 112 valence electrons. The van der Waals surface area contributed by atoms with E-state index in [0.29, 0.717) is 11.5 Å². The monoisotopic (exact) mass is 279 g/mol. The van der Waals surface area contributed by atoms with Gasteiger partial charge in [-0.3, -0.25) is 9.48 Å². The minimum atomic E-state index is -0.135. The van der Waals surface area contributed by atoms with E-state index in [-0.39, 0.29) is 24.1 Å². The van der Waals surface area contributed by atoms with Gasteiger partial charge in [0.05, 0.1) is 29.9 Å². The molecule has 2 heterocycles. The number of aliphatic hydroxyl groups is 1. The average Bonchev–Trinajstić information content (AvgIpc) is 2.87. The van der Waals surface area contributed by atoms with Crippen LogP contribution in [0.4, 0.5) is 0 Å². The minimum absolute atomic E-state index is 0.0221. The molecule has 20 heavy (non-hydrogen) atoms. The van der Waals surface area contributed by atoms with Crippen LogP contribution in [0.1, 0.15) is 50.9 Å². The summed E-state index contributed by atoms with van der Waals surface area (Å²) in [7, 11) is 0. The van der Waals surface area contributed by atoms with E-state index >= 15 is 0 Å². The van der Waals surface area contributed by atoms with Crippen LogP contribution in [-0.2, 0) is 5.54 Å². The zero-order valence-corrected chi connectivity index (χ0v) is 12.8. The van der Waals surface area contributed by atoms with Crippen molar-refractivity contribution in [2.45, 2.75) is 52.1 Å². The zero-order valence-electron chi connectivity index (χ0n) is 12.8. The number of aliphatic hydroxyl groups excluding tert-OH is 1. The molecule has 5 nitrogen and oxygen atoms in total. The van der Waals surface area contributed by atoms with Crippen LogP contribution in [0.25, 0.3) is 0 Å². The molecular formula is C15H25N3O2. The molecule has 1 fully saturated rings. The summed E-state index contributed by atoms with van der Waals surface area (Å²) in [5, 5.41) is 13.8. The van der Waals surface area contributed by atoms with Crippen molar-refractivity contribution < 1.29 is 9.90 Å². The fourth-order valence-corrected chi connectivity index (χ4v) is 2.75. The van der Waals surface area contributed by atoms with E-state index < -0.39 is 0 Å². The summed E-state index contributed by atoms with van der Waals surface area (Å²) >= 11 is 0. The molecule has 2 atom stereocenters. The van der Waals surface area contributed by atoms with Gasteiger partial charge in [0.15, 0.2) is 0 Å². The summed E-state index contributed by atoms with van der Waals surface area (Å²) in [4.78, 5) is 14.4. The topological polar surface area (TPSA) is 58.4 Å². The molecule has 0 radical (unpaired) electrons. The molecule has 5 heteroatoms. The number of nitrogens with zero attached hydrogens (tertiary/aromatic N) is 3. The van der Waals surface area contributed by atoms with Gasteiger partial charge in [0, 0.05) is 12.7 Å². The molecule has 0 aliphatic carbocycles. The minimum Gasteiger partial charge on any atom is -0.394 e. The summed E-state index contributed by atoms with van der Waals surface area (Å²) < 4.78 is 1.81. The quantitative estimate of drug-likeness (QED) is 0.899. The predicted molar refractivity (Wildman–Crippen MR) is 77.5 cm³/mol. The first-order chi connectivity index (χ1) is 9.34. The third-order valence-electron chi connectivity index (χ3n) is 4.08. The lowest BCUT2D eigenvalue weighted by Gasteiger charge is -2.38. The molecule has 1 aliphatic rings. The highest BCUT2D eigenvalue weighted by atomic mass is 16.3. The third kappa shape index (κ3) is 2.87. The van der Waals surface area contributed by atoms with Gasteiger partial charge < -0.3 is 10.0 Å². The molecule has 1 saturated heterocycles. The number of piperidine rings is 1. The molecule has 0 spiro atoms. The molecule has 1 aliphatic heterocycles. The van der Waals surface area contributed by atoms with Crippen LogP contribution in [0, 0.1) is 5.92 Å². The second-order valence-electron chi connectivity index (χ2n) is 6.71. The lowest BCUT2D eigenvalue weighted by Crippen LogP contribution is -2.49. The van der Waals surface area contributed by atoms with Gasteiger partial charge in [-0.15, -0.1) is 0 Å². The largest absolute Gasteiger partial charge is 0.394 e. The normalized spacial score (nSPS) is 23.9. The molecule has 0 bridgehead atoms. The molecule has 1 amide bonds. The molecule has 2 unspecified atom stereocenters. The van der Waals surface area contributed by atoms with Crippen molar-refractivity contribution in [2.24, 2.45) is 5.92 Å². The highest BCUT2D eigenvalue weighted by Crippen LogP contribution is 2.25. The van der Waals surface area contributed by atoms with Crippen LogP contribution >= 0.6 is 0 Å². The number of carbonyl (C=O) groups is 1. The number of carbonyl (C=O) groups excluding carboxylic acids is 1. The number of hydrogen-bond donors (Lipinski definition) is 1. The summed E-state index contributed by atoms with van der Waals surface area (Å²) in [6, 6.07) is -0.0748. The summed E-state index contributed by atoms with van der Waals surface area (Å²) in [6.45, 7) is 8.99. The lowest BCUT2D eigenvalue weighted by molar-refractivity contribution is 0.0358. The average molecular weight is 279 g/mol. The number of likely N-dealkylation sites (tertiary alicyclic amines) is 1. The van der Waals surface area contributed by atoms with Crippen molar-refractivity contribution in [3.05, 3.63) is 18.0 Å². The van der Waals surface area contributed by atoms with Crippen molar-refractivity contribution in [2.75, 3.05) is 13.2 Å². The van der Waals surface area contributed by atoms with Crippen LogP contribution in [0.2, 0.25) is 0 Å². The summed E-state index contributed by atoms with van der Waals surface area (Å²) in [6.07, 6.45) is 5.49. The number of rotatable bonds is 2. The summed E-state index contributed by atoms with van der Waals surface area (Å²) in [5.41, 5.74) is 0.469. The van der Waals surface area contributed by atoms with E-state index in [2.05, 4.69) is 12.0 Å². The first-order valence-corrected chi connectivity index (χ1v) is 7.31. The number of amides is 1. The van der Waals surface area contributed by atoms with Crippen LogP contribution in [0.15, 0.2) is 12.4 Å². The van der Waals surface area contributed by atoms with Gasteiger partial charge in [0.2, 0.25) is 0 Å². The molecule has 0 saturated carbocycles. The summed E-state index contributed by atoms with van der Waals surface area (Å²) in [5.74, 6) is 0.321. The predicted octanol–water partition coefficient (Wildman–Crippen LogP) is 1.87. The van der Waals surface area contributed by atoms with E-state index in [1.807, 2.05) is 25.5 Å². The molecular weight excluding hydrogens is 254 g/mol. The zero-order chi connectivity index (χ0) is 14.9. The first kappa shape index (κ1) is 15.0. The van der Waals surface area contributed by atoms with E-state index in [1.165, 1.54) is 0 Å². The smallest absolute Gasteiger partial charge is 0.257 e. The molecule has 1 aromatic rings. The van der Waals surface area contributed by atoms with E-state index in [1.54, 1.807) is 17.3 Å². The fraction of sp³-hybridized carbons (Fsp3) is 0.733. The maximum absolute atomic E-state index is 12.6. The third-order valence-corrected chi connectivity index (χ3v) is 4.08. The van der Waals surface area contributed by atoms with Crippen molar-refractivity contribution in [3.8, 4) is 0 Å². The Morgan fingerprint density at radius 3 is 2.75 bits per heavy atom. The van der Waals surface area contributed by atoms with Gasteiger partial charge in [-0.25, -0.2) is 0 Å². The maximum Gasteiger partial charge on any atom is 0.257 e. The van der Waals surface area contributed by atoms with Crippen LogP contribution in [0.5, 0.6) is 0 Å². The standard InChI is InChI=1S/C15H25N3O2/c1-11-6-5-7-17(13(11)10-19)14(20)12-8-16-18(9-12)15(2,3)4/h8-9,11,13,19H,5-7,10H2,1-4H3. The van der Waals surface area contributed by atoms with E-state index in [0.717, 1.165) is 19.4 Å². The van der Waals surface area contributed by atoms with E-state index in [9.17, 15) is 9.90 Å². The number of aromatic nitrogens is 2. The Morgan fingerprint density at radius 2 is 2.20 bits per heavy atom. The van der Waals surface area contributed by atoms with Gasteiger partial charge in [0.25, 0.3) is 5.91 Å². The molecule has 0 aromatic carbocycles. The van der Waals surface area contributed by atoms with Gasteiger partial charge in [0.1, 0.15) is 0 Å². The van der Waals surface area contributed by atoms with Gasteiger partial charge in [-0.1, -0.05) is 6.92 Å². The second kappa shape index (κ2) is 5.56. The first-order valence-electron chi connectivity index (χ1n) is 7.31. The highest BCUT2D eigenvalue weighted by Gasteiger charge is 2.32. The van der Waals surface area contributed by atoms with Crippen molar-refractivity contribution in [3.63, 3.8) is 0 Å². The highest BCUT2D eigenvalue weighted by molar-refractivity contribution is 5.94. The van der Waals surface area contributed by atoms with Crippen molar-refractivity contribution >= 4 is 5.91 Å². The second-order valence-corrected chi connectivity index (χ2v) is 6.71. The van der Waals surface area contributed by atoms with Gasteiger partial charge in [-0.2, -0.15) is 5.10 Å². The molecule has 1 N–H and O–H groups in total. The van der Waals surface area contributed by atoms with Crippen LogP contribution in [0.3, 0.4) is 0 Å². The Bertz CT molecular complexity index is 476. The molecule has 2 rings (SSSR count). The Balaban J connectivity index is 2.20. The van der Waals surface area contributed by atoms with Crippen molar-refractivity contribution in [1.29, 1.82) is 0 Å². The van der Waals surface area contributed by atoms with Crippen LogP contribution < -0.4 is 0 Å². The SMILES string of the molecule is CC1CCCN(C(=O)c2cnn(C(C)(C)C)c2)C1CO. The maximum atomic E-state index is 12.6. The van der Waals surface area contributed by atoms with Crippen molar-refractivity contribution in [1.82, 2.24) is 14.7 Å². The molecule has 1 aromatic heterocycles. The Hall–Kier alpha value is -1.36. The fourth-order valence-electron chi connectivity index (χ4n) is 2.75. The lowest BCUT2D eigenvalue weighted by atomic mass is 9.91. The van der Waals surface area contributed by atoms with Gasteiger partial charge in [-0.05, 0) is 39.5 Å².